The average molecular weight is 271 g/mol. The van der Waals surface area contributed by atoms with Crippen LogP contribution >= 0.6 is 0 Å². The second kappa shape index (κ2) is 5.46. The van der Waals surface area contributed by atoms with Crippen LogP contribution < -0.4 is 4.90 Å². The Bertz CT molecular complexity index is 576. The van der Waals surface area contributed by atoms with E-state index in [4.69, 9.17) is 0 Å². The molecular weight excluding hydrogens is 254 g/mol. The Morgan fingerprint density at radius 2 is 2.00 bits per heavy atom. The van der Waals surface area contributed by atoms with Crippen molar-refractivity contribution < 1.29 is 10.2 Å². The lowest BCUT2D eigenvalue weighted by atomic mass is 9.93. The number of aromatic hydroxyl groups is 1. The minimum atomic E-state index is -0.479. The Hall–Kier alpha value is -2.14. The Kier molecular flexibility index (Phi) is 3.52. The summed E-state index contributed by atoms with van der Waals surface area (Å²) < 4.78 is 0. The monoisotopic (exact) mass is 271 g/mol. The second-order valence-electron chi connectivity index (χ2n) is 5.01. The summed E-state index contributed by atoms with van der Waals surface area (Å²) >= 11 is 0. The highest BCUT2D eigenvalue weighted by Gasteiger charge is 2.32. The molecule has 1 fully saturated rings. The highest BCUT2D eigenvalue weighted by Crippen LogP contribution is 2.38. The third-order valence-corrected chi connectivity index (χ3v) is 3.74. The molecule has 0 amide bonds. The molecule has 1 aliphatic rings. The summed E-state index contributed by atoms with van der Waals surface area (Å²) in [5, 5.41) is 28.1. The third-order valence-electron chi connectivity index (χ3n) is 3.74. The Morgan fingerprint density at radius 1 is 1.15 bits per heavy atom. The number of para-hydroxylation sites is 2. The lowest BCUT2D eigenvalue weighted by Crippen LogP contribution is -2.42. The van der Waals surface area contributed by atoms with Gasteiger partial charge in [-0.3, -0.25) is 0 Å². The summed E-state index contributed by atoms with van der Waals surface area (Å²) in [6, 6.07) is 8.87. The van der Waals surface area contributed by atoms with Gasteiger partial charge in [0.2, 0.25) is 0 Å². The van der Waals surface area contributed by atoms with E-state index in [0.29, 0.717) is 0 Å². The lowest BCUT2D eigenvalue weighted by molar-refractivity contribution is 0.112. The molecule has 3 rings (SSSR count). The molecule has 5 heteroatoms. The molecule has 20 heavy (non-hydrogen) atoms. The van der Waals surface area contributed by atoms with Crippen LogP contribution in [0.2, 0.25) is 0 Å². The van der Waals surface area contributed by atoms with Gasteiger partial charge >= 0.3 is 0 Å². The molecule has 0 spiro atoms. The zero-order valence-electron chi connectivity index (χ0n) is 11.1. The topological polar surface area (TPSA) is 69.5 Å². The number of phenols is 1. The molecule has 1 aliphatic heterocycles. The Labute approximate surface area is 117 Å². The van der Waals surface area contributed by atoms with Gasteiger partial charge in [0, 0.05) is 12.7 Å². The van der Waals surface area contributed by atoms with E-state index in [1.165, 1.54) is 0 Å². The molecular formula is C15H17N3O2. The molecule has 2 N–H and O–H groups in total. The predicted molar refractivity (Wildman–Crippen MR) is 75.5 cm³/mol. The number of aliphatic hydroxyl groups excluding tert-OH is 1. The van der Waals surface area contributed by atoms with Crippen LogP contribution in [-0.4, -0.2) is 33.1 Å². The van der Waals surface area contributed by atoms with E-state index in [9.17, 15) is 10.2 Å². The fraction of sp³-hybridized carbons (Fsp3) is 0.333. The van der Waals surface area contributed by atoms with Gasteiger partial charge in [-0.15, -0.1) is 0 Å². The molecule has 2 unspecified atom stereocenters. The van der Waals surface area contributed by atoms with Gasteiger partial charge in [0.15, 0.2) is 0 Å². The molecule has 104 valence electrons. The summed E-state index contributed by atoms with van der Waals surface area (Å²) in [6.45, 7) is 0.793. The molecule has 1 aromatic heterocycles. The maximum Gasteiger partial charge on any atom is 0.138 e. The Balaban J connectivity index is 2.01. The van der Waals surface area contributed by atoms with Crippen molar-refractivity contribution in [2.75, 3.05) is 11.4 Å². The highest BCUT2D eigenvalue weighted by atomic mass is 16.3. The van der Waals surface area contributed by atoms with Gasteiger partial charge in [-0.1, -0.05) is 12.1 Å². The normalized spacial score (nSPS) is 22.8. The largest absolute Gasteiger partial charge is 0.506 e. The van der Waals surface area contributed by atoms with Gasteiger partial charge in [0.05, 0.1) is 24.0 Å². The molecule has 2 heterocycles. The van der Waals surface area contributed by atoms with Gasteiger partial charge < -0.3 is 15.1 Å². The second-order valence-corrected chi connectivity index (χ2v) is 5.01. The summed E-state index contributed by atoms with van der Waals surface area (Å²) in [5.74, 6) is 0.230. The number of rotatable bonds is 2. The molecule has 2 aromatic rings. The van der Waals surface area contributed by atoms with Crippen LogP contribution in [0.25, 0.3) is 0 Å². The molecule has 0 bridgehead atoms. The SMILES string of the molecule is Oc1ccccc1N1CCCC(O)C1c1ccnnc1. The average Bonchev–Trinajstić information content (AvgIpc) is 2.48. The van der Waals surface area contributed by atoms with Gasteiger partial charge in [0.1, 0.15) is 5.75 Å². The molecule has 1 saturated heterocycles. The standard InChI is InChI=1S/C15H17N3O2/c19-13-5-2-1-4-12(13)18-9-3-6-14(20)15(18)11-7-8-16-17-10-11/h1-2,4-5,7-8,10,14-15,19-20H,3,6,9H2. The summed E-state index contributed by atoms with van der Waals surface area (Å²) in [4.78, 5) is 2.04. The van der Waals surface area contributed by atoms with Crippen LogP contribution in [0.4, 0.5) is 5.69 Å². The molecule has 2 atom stereocenters. The van der Waals surface area contributed by atoms with Crippen molar-refractivity contribution in [2.24, 2.45) is 0 Å². The number of hydrogen-bond acceptors (Lipinski definition) is 5. The quantitative estimate of drug-likeness (QED) is 0.873. The maximum absolute atomic E-state index is 10.4. The van der Waals surface area contributed by atoms with Crippen molar-refractivity contribution >= 4 is 5.69 Å². The van der Waals surface area contributed by atoms with Gasteiger partial charge in [-0.25, -0.2) is 0 Å². The van der Waals surface area contributed by atoms with Crippen LogP contribution in [0.3, 0.4) is 0 Å². The molecule has 1 aromatic carbocycles. The smallest absolute Gasteiger partial charge is 0.138 e. The first-order chi connectivity index (χ1) is 9.77. The van der Waals surface area contributed by atoms with E-state index >= 15 is 0 Å². The predicted octanol–water partition coefficient (Wildman–Crippen LogP) is 1.88. The molecule has 0 radical (unpaired) electrons. The number of aliphatic hydroxyl groups is 1. The lowest BCUT2D eigenvalue weighted by Gasteiger charge is -2.40. The summed E-state index contributed by atoms with van der Waals surface area (Å²) in [7, 11) is 0. The first kappa shape index (κ1) is 12.9. The first-order valence-corrected chi connectivity index (χ1v) is 6.76. The molecule has 0 saturated carbocycles. The van der Waals surface area contributed by atoms with E-state index in [2.05, 4.69) is 10.2 Å². The number of aromatic nitrogens is 2. The number of nitrogens with zero attached hydrogens (tertiary/aromatic N) is 3. The van der Waals surface area contributed by atoms with Crippen LogP contribution in [0.5, 0.6) is 5.75 Å². The van der Waals surface area contributed by atoms with Crippen molar-refractivity contribution in [1.29, 1.82) is 0 Å². The number of hydrogen-bond donors (Lipinski definition) is 2. The van der Waals surface area contributed by atoms with Crippen LogP contribution in [0, 0.1) is 0 Å². The molecule has 5 nitrogen and oxygen atoms in total. The fourth-order valence-corrected chi connectivity index (χ4v) is 2.83. The van der Waals surface area contributed by atoms with Crippen LogP contribution in [0.15, 0.2) is 42.7 Å². The summed E-state index contributed by atoms with van der Waals surface area (Å²) in [6.07, 6.45) is 4.46. The maximum atomic E-state index is 10.4. The first-order valence-electron chi connectivity index (χ1n) is 6.76. The minimum Gasteiger partial charge on any atom is -0.506 e. The van der Waals surface area contributed by atoms with E-state index in [-0.39, 0.29) is 11.8 Å². The van der Waals surface area contributed by atoms with Crippen LogP contribution in [0.1, 0.15) is 24.4 Å². The Morgan fingerprint density at radius 3 is 2.75 bits per heavy atom. The van der Waals surface area contributed by atoms with Crippen molar-refractivity contribution in [2.45, 2.75) is 25.0 Å². The number of anilines is 1. The van der Waals surface area contributed by atoms with Crippen molar-refractivity contribution in [3.63, 3.8) is 0 Å². The number of phenolic OH excluding ortho intramolecular Hbond substituents is 1. The van der Waals surface area contributed by atoms with Crippen molar-refractivity contribution in [1.82, 2.24) is 10.2 Å². The number of benzene rings is 1. The highest BCUT2D eigenvalue weighted by molar-refractivity contribution is 5.59. The van der Waals surface area contributed by atoms with Crippen molar-refractivity contribution in [3.8, 4) is 5.75 Å². The van der Waals surface area contributed by atoms with Gasteiger partial charge in [-0.2, -0.15) is 10.2 Å². The third kappa shape index (κ3) is 2.32. The van der Waals surface area contributed by atoms with Crippen molar-refractivity contribution in [3.05, 3.63) is 48.3 Å². The van der Waals surface area contributed by atoms with E-state index < -0.39 is 6.10 Å². The minimum absolute atomic E-state index is 0.201. The van der Waals surface area contributed by atoms with E-state index in [0.717, 1.165) is 30.6 Å². The number of piperidine rings is 1. The van der Waals surface area contributed by atoms with E-state index in [1.54, 1.807) is 24.5 Å². The van der Waals surface area contributed by atoms with Gasteiger partial charge in [-0.05, 0) is 36.6 Å². The zero-order valence-corrected chi connectivity index (χ0v) is 11.1. The molecule has 0 aliphatic carbocycles. The summed E-state index contributed by atoms with van der Waals surface area (Å²) in [5.41, 5.74) is 1.66. The van der Waals surface area contributed by atoms with Gasteiger partial charge in [0.25, 0.3) is 0 Å². The fourth-order valence-electron chi connectivity index (χ4n) is 2.83. The zero-order chi connectivity index (χ0) is 13.9. The van der Waals surface area contributed by atoms with E-state index in [1.807, 2.05) is 23.1 Å². The van der Waals surface area contributed by atoms with Crippen LogP contribution in [-0.2, 0) is 0 Å².